The SMILES string of the molecule is CCN(CC)C(CNC(=NC)NCc1ccc(C(N)=O)cc1)c1ccccc1Cl.I. The fourth-order valence-corrected chi connectivity index (χ4v) is 3.49. The van der Waals surface area contributed by atoms with Crippen molar-refractivity contribution in [3.8, 4) is 0 Å². The second-order valence-corrected chi connectivity index (χ2v) is 7.03. The van der Waals surface area contributed by atoms with Gasteiger partial charge in [-0.15, -0.1) is 24.0 Å². The first kappa shape index (κ1) is 26.2. The Kier molecular flexibility index (Phi) is 11.8. The van der Waals surface area contributed by atoms with E-state index in [0.29, 0.717) is 24.6 Å². The molecule has 0 radical (unpaired) electrons. The highest BCUT2D eigenvalue weighted by Crippen LogP contribution is 2.26. The van der Waals surface area contributed by atoms with E-state index in [9.17, 15) is 4.79 Å². The minimum absolute atomic E-state index is 0. The molecule has 30 heavy (non-hydrogen) atoms. The van der Waals surface area contributed by atoms with E-state index in [0.717, 1.165) is 29.2 Å². The summed E-state index contributed by atoms with van der Waals surface area (Å²) in [6.07, 6.45) is 0. The second kappa shape index (κ2) is 13.5. The predicted octanol–water partition coefficient (Wildman–Crippen LogP) is 3.81. The molecule has 0 aliphatic heterocycles. The van der Waals surface area contributed by atoms with Gasteiger partial charge in [0.2, 0.25) is 5.91 Å². The molecule has 0 fully saturated rings. The van der Waals surface area contributed by atoms with Gasteiger partial charge in [-0.2, -0.15) is 0 Å². The van der Waals surface area contributed by atoms with Gasteiger partial charge in [-0.3, -0.25) is 14.7 Å². The number of benzene rings is 2. The topological polar surface area (TPSA) is 82.8 Å². The van der Waals surface area contributed by atoms with Crippen molar-refractivity contribution in [1.82, 2.24) is 15.5 Å². The Balaban J connectivity index is 0.00000450. The maximum atomic E-state index is 11.2. The smallest absolute Gasteiger partial charge is 0.248 e. The second-order valence-electron chi connectivity index (χ2n) is 6.63. The number of nitrogens with one attached hydrogen (secondary N) is 2. The summed E-state index contributed by atoms with van der Waals surface area (Å²) in [5.74, 6) is 0.275. The number of carbonyl (C=O) groups excluding carboxylic acids is 1. The number of hydrogen-bond acceptors (Lipinski definition) is 3. The zero-order chi connectivity index (χ0) is 21.2. The van der Waals surface area contributed by atoms with Gasteiger partial charge < -0.3 is 16.4 Å². The van der Waals surface area contributed by atoms with Crippen molar-refractivity contribution in [2.24, 2.45) is 10.7 Å². The van der Waals surface area contributed by atoms with Crippen molar-refractivity contribution in [2.75, 3.05) is 26.7 Å². The highest BCUT2D eigenvalue weighted by molar-refractivity contribution is 14.0. The molecule has 0 saturated heterocycles. The minimum Gasteiger partial charge on any atom is -0.366 e. The normalized spacial score (nSPS) is 12.2. The van der Waals surface area contributed by atoms with Crippen LogP contribution < -0.4 is 16.4 Å². The first-order valence-corrected chi connectivity index (χ1v) is 10.2. The van der Waals surface area contributed by atoms with Crippen LogP contribution in [0.5, 0.6) is 0 Å². The molecular formula is C22H31ClIN5O. The lowest BCUT2D eigenvalue weighted by Gasteiger charge is -2.31. The number of guanidine groups is 1. The predicted molar refractivity (Wildman–Crippen MR) is 136 cm³/mol. The lowest BCUT2D eigenvalue weighted by Crippen LogP contribution is -2.43. The number of primary amides is 1. The Morgan fingerprint density at radius 2 is 1.73 bits per heavy atom. The molecule has 0 saturated carbocycles. The standard InChI is InChI=1S/C22H30ClN5O.HI/c1-4-28(5-2)20(18-8-6-7-9-19(18)23)15-27-22(25-3)26-14-16-10-12-17(13-11-16)21(24)29;/h6-13,20H,4-5,14-15H2,1-3H3,(H2,24,29)(H2,25,26,27);1H. The van der Waals surface area contributed by atoms with Crippen LogP contribution in [0.3, 0.4) is 0 Å². The number of nitrogens with two attached hydrogens (primary N) is 1. The third kappa shape index (κ3) is 7.45. The van der Waals surface area contributed by atoms with E-state index in [-0.39, 0.29) is 30.0 Å². The van der Waals surface area contributed by atoms with Crippen LogP contribution in [0.25, 0.3) is 0 Å². The summed E-state index contributed by atoms with van der Waals surface area (Å²) in [7, 11) is 1.74. The van der Waals surface area contributed by atoms with Crippen molar-refractivity contribution in [3.63, 3.8) is 0 Å². The van der Waals surface area contributed by atoms with Gasteiger partial charge in [0.05, 0.1) is 6.04 Å². The molecule has 0 aromatic heterocycles. The number of halogens is 2. The van der Waals surface area contributed by atoms with Crippen molar-refractivity contribution < 1.29 is 4.79 Å². The van der Waals surface area contributed by atoms with E-state index in [1.54, 1.807) is 19.2 Å². The lowest BCUT2D eigenvalue weighted by atomic mass is 10.0. The van der Waals surface area contributed by atoms with Crippen LogP contribution in [0.4, 0.5) is 0 Å². The summed E-state index contributed by atoms with van der Waals surface area (Å²) < 4.78 is 0. The van der Waals surface area contributed by atoms with Gasteiger partial charge in [-0.05, 0) is 42.4 Å². The van der Waals surface area contributed by atoms with Gasteiger partial charge in [0.25, 0.3) is 0 Å². The molecule has 1 atom stereocenters. The summed E-state index contributed by atoms with van der Waals surface area (Å²) in [5, 5.41) is 7.48. The zero-order valence-corrected chi connectivity index (χ0v) is 20.8. The molecule has 1 amide bonds. The molecule has 4 N–H and O–H groups in total. The molecule has 1 unspecified atom stereocenters. The molecule has 0 bridgehead atoms. The molecule has 2 rings (SSSR count). The molecule has 6 nitrogen and oxygen atoms in total. The van der Waals surface area contributed by atoms with Gasteiger partial charge in [-0.1, -0.05) is 55.8 Å². The van der Waals surface area contributed by atoms with E-state index >= 15 is 0 Å². The first-order valence-electron chi connectivity index (χ1n) is 9.81. The van der Waals surface area contributed by atoms with Crippen molar-refractivity contribution in [2.45, 2.75) is 26.4 Å². The summed E-state index contributed by atoms with van der Waals surface area (Å²) >= 11 is 6.47. The Morgan fingerprint density at radius 3 is 2.27 bits per heavy atom. The summed E-state index contributed by atoms with van der Waals surface area (Å²) in [5.41, 5.74) is 7.91. The first-order chi connectivity index (χ1) is 14.0. The van der Waals surface area contributed by atoms with Crippen molar-refractivity contribution in [1.29, 1.82) is 0 Å². The molecule has 2 aromatic rings. The van der Waals surface area contributed by atoms with Gasteiger partial charge in [0.1, 0.15) is 0 Å². The molecule has 0 heterocycles. The quantitative estimate of drug-likeness (QED) is 0.255. The fourth-order valence-electron chi connectivity index (χ4n) is 3.23. The van der Waals surface area contributed by atoms with E-state index in [4.69, 9.17) is 17.3 Å². The molecule has 0 aliphatic carbocycles. The number of nitrogens with zero attached hydrogens (tertiary/aromatic N) is 2. The van der Waals surface area contributed by atoms with Gasteiger partial charge in [-0.25, -0.2) is 0 Å². The highest BCUT2D eigenvalue weighted by atomic mass is 127. The van der Waals surface area contributed by atoms with E-state index in [1.165, 1.54) is 0 Å². The van der Waals surface area contributed by atoms with Gasteiger partial charge in [0.15, 0.2) is 5.96 Å². The Labute approximate surface area is 201 Å². The Morgan fingerprint density at radius 1 is 1.10 bits per heavy atom. The molecule has 0 aliphatic rings. The summed E-state index contributed by atoms with van der Waals surface area (Å²) in [6.45, 7) is 7.40. The Hall–Kier alpha value is -1.84. The van der Waals surface area contributed by atoms with Crippen molar-refractivity contribution in [3.05, 3.63) is 70.2 Å². The number of likely N-dealkylation sites (N-methyl/N-ethyl adjacent to an activating group) is 1. The summed E-state index contributed by atoms with van der Waals surface area (Å²) in [4.78, 5) is 17.9. The maximum absolute atomic E-state index is 11.2. The molecular weight excluding hydrogens is 513 g/mol. The van der Waals surface area contributed by atoms with Gasteiger partial charge in [0, 0.05) is 30.7 Å². The number of hydrogen-bond donors (Lipinski definition) is 3. The van der Waals surface area contributed by atoms with Crippen LogP contribution in [0.1, 0.15) is 41.4 Å². The Bertz CT molecular complexity index is 825. The highest BCUT2D eigenvalue weighted by Gasteiger charge is 2.20. The maximum Gasteiger partial charge on any atom is 0.248 e. The zero-order valence-electron chi connectivity index (χ0n) is 17.7. The largest absolute Gasteiger partial charge is 0.366 e. The lowest BCUT2D eigenvalue weighted by molar-refractivity contribution is 0.100. The van der Waals surface area contributed by atoms with Crippen LogP contribution in [-0.4, -0.2) is 43.4 Å². The van der Waals surface area contributed by atoms with Crippen LogP contribution in [0.15, 0.2) is 53.5 Å². The van der Waals surface area contributed by atoms with Crippen LogP contribution in [0.2, 0.25) is 5.02 Å². The third-order valence-electron chi connectivity index (χ3n) is 4.90. The number of carbonyl (C=O) groups is 1. The van der Waals surface area contributed by atoms with E-state index < -0.39 is 5.91 Å². The number of amides is 1. The summed E-state index contributed by atoms with van der Waals surface area (Å²) in [6, 6.07) is 15.3. The minimum atomic E-state index is -0.427. The fraction of sp³-hybridized carbons (Fsp3) is 0.364. The monoisotopic (exact) mass is 543 g/mol. The number of rotatable bonds is 9. The molecule has 164 valence electrons. The average molecular weight is 544 g/mol. The molecule has 2 aromatic carbocycles. The van der Waals surface area contributed by atoms with Gasteiger partial charge >= 0.3 is 0 Å². The molecule has 0 spiro atoms. The average Bonchev–Trinajstić information content (AvgIpc) is 2.74. The van der Waals surface area contributed by atoms with Crippen molar-refractivity contribution >= 4 is 47.4 Å². The van der Waals surface area contributed by atoms with Crippen LogP contribution in [0, 0.1) is 0 Å². The van der Waals surface area contributed by atoms with E-state index in [2.05, 4.69) is 40.4 Å². The number of aliphatic imine (C=N–C) groups is 1. The molecule has 8 heteroatoms. The van der Waals surface area contributed by atoms with Crippen LogP contribution in [-0.2, 0) is 6.54 Å². The van der Waals surface area contributed by atoms with Crippen LogP contribution >= 0.6 is 35.6 Å². The van der Waals surface area contributed by atoms with E-state index in [1.807, 2.05) is 30.3 Å². The third-order valence-corrected chi connectivity index (χ3v) is 5.25.